The number of pyridine rings is 1. The van der Waals surface area contributed by atoms with Crippen LogP contribution in [-0.2, 0) is 21.6 Å². The molecule has 2 aliphatic rings. The number of nitrogens with zero attached hydrogens (tertiary/aromatic N) is 2. The first-order valence-electron chi connectivity index (χ1n) is 8.47. The van der Waals surface area contributed by atoms with Gasteiger partial charge in [0.05, 0.1) is 22.2 Å². The van der Waals surface area contributed by atoms with Crippen LogP contribution in [0.3, 0.4) is 0 Å². The fourth-order valence-electron chi connectivity index (χ4n) is 3.14. The molecule has 27 heavy (non-hydrogen) atoms. The molecule has 1 spiro atoms. The quantitative estimate of drug-likeness (QED) is 0.770. The Labute approximate surface area is 164 Å². The van der Waals surface area contributed by atoms with Gasteiger partial charge >= 0.3 is 0 Å². The van der Waals surface area contributed by atoms with Gasteiger partial charge in [-0.1, -0.05) is 0 Å². The lowest BCUT2D eigenvalue weighted by atomic mass is 9.82. The minimum absolute atomic E-state index is 0.0746. The zero-order valence-electron chi connectivity index (χ0n) is 15.2. The molecule has 0 saturated carbocycles. The van der Waals surface area contributed by atoms with Crippen LogP contribution in [-0.4, -0.2) is 23.2 Å². The predicted octanol–water partition coefficient (Wildman–Crippen LogP) is 3.99. The van der Waals surface area contributed by atoms with E-state index in [2.05, 4.69) is 25.9 Å². The number of aliphatic imine (C=N–C) groups is 1. The van der Waals surface area contributed by atoms with Crippen molar-refractivity contribution in [1.82, 2.24) is 4.98 Å². The van der Waals surface area contributed by atoms with Gasteiger partial charge in [-0.05, 0) is 54.4 Å². The van der Waals surface area contributed by atoms with Gasteiger partial charge in [0.15, 0.2) is 5.54 Å². The number of hydrogen-bond acceptors (Lipinski definition) is 6. The SMILES string of the molecule is CC(C)(C)OCc1cnc2c(c1)C1(COC(N)=N1)c1cc(Br)c(F)cc1O2. The number of rotatable bonds is 2. The van der Waals surface area contributed by atoms with Gasteiger partial charge in [-0.2, -0.15) is 0 Å². The van der Waals surface area contributed by atoms with Crippen LogP contribution >= 0.6 is 15.9 Å². The first-order chi connectivity index (χ1) is 12.7. The second-order valence-corrected chi connectivity index (χ2v) is 8.42. The number of hydrogen-bond donors (Lipinski definition) is 1. The zero-order valence-corrected chi connectivity index (χ0v) is 16.8. The van der Waals surface area contributed by atoms with Gasteiger partial charge in [-0.3, -0.25) is 0 Å². The van der Waals surface area contributed by atoms with Crippen molar-refractivity contribution in [2.45, 2.75) is 38.5 Å². The Kier molecular flexibility index (Phi) is 4.16. The standard InChI is InChI=1S/C19H19BrFN3O3/c1-18(2,3)26-8-10-4-12-16(23-7-10)27-15-6-14(21)13(20)5-11(15)19(12)9-25-17(22)24-19/h4-7H,8-9H2,1-3H3,(H2,22,24). The molecule has 2 aliphatic heterocycles. The average Bonchev–Trinajstić information content (AvgIpc) is 2.98. The molecule has 142 valence electrons. The lowest BCUT2D eigenvalue weighted by Gasteiger charge is -2.33. The molecule has 8 heteroatoms. The van der Waals surface area contributed by atoms with E-state index in [0.29, 0.717) is 33.8 Å². The van der Waals surface area contributed by atoms with Crippen LogP contribution in [0.4, 0.5) is 4.39 Å². The van der Waals surface area contributed by atoms with E-state index in [1.54, 1.807) is 12.3 Å². The third-order valence-corrected chi connectivity index (χ3v) is 5.04. The molecule has 0 bridgehead atoms. The molecule has 1 aromatic carbocycles. The van der Waals surface area contributed by atoms with Crippen molar-refractivity contribution in [1.29, 1.82) is 0 Å². The topological polar surface area (TPSA) is 79.0 Å². The van der Waals surface area contributed by atoms with E-state index in [1.165, 1.54) is 6.07 Å². The Bertz CT molecular complexity index is 958. The van der Waals surface area contributed by atoms with Gasteiger partial charge in [0, 0.05) is 17.8 Å². The average molecular weight is 436 g/mol. The largest absolute Gasteiger partial charge is 0.462 e. The number of ether oxygens (including phenoxy) is 3. The van der Waals surface area contributed by atoms with Gasteiger partial charge < -0.3 is 19.9 Å². The van der Waals surface area contributed by atoms with Crippen LogP contribution < -0.4 is 10.5 Å². The molecule has 0 saturated heterocycles. The molecule has 1 unspecified atom stereocenters. The molecule has 1 aromatic heterocycles. The fourth-order valence-corrected chi connectivity index (χ4v) is 3.49. The summed E-state index contributed by atoms with van der Waals surface area (Å²) in [6.07, 6.45) is 1.68. The van der Waals surface area contributed by atoms with Gasteiger partial charge in [-0.15, -0.1) is 0 Å². The molecule has 6 nitrogen and oxygen atoms in total. The van der Waals surface area contributed by atoms with E-state index in [1.807, 2.05) is 26.8 Å². The molecular formula is C19H19BrFN3O3. The van der Waals surface area contributed by atoms with Crippen molar-refractivity contribution >= 4 is 22.0 Å². The molecule has 4 rings (SSSR count). The summed E-state index contributed by atoms with van der Waals surface area (Å²) in [7, 11) is 0. The summed E-state index contributed by atoms with van der Waals surface area (Å²) in [5.41, 5.74) is 6.87. The Morgan fingerprint density at radius 1 is 1.30 bits per heavy atom. The normalized spacial score (nSPS) is 20.6. The van der Waals surface area contributed by atoms with Crippen LogP contribution in [0.25, 0.3) is 0 Å². The summed E-state index contributed by atoms with van der Waals surface area (Å²) in [6.45, 7) is 6.54. The number of aromatic nitrogens is 1. The second kappa shape index (κ2) is 6.17. The molecule has 1 atom stereocenters. The van der Waals surface area contributed by atoms with Crippen LogP contribution in [0.1, 0.15) is 37.5 Å². The van der Waals surface area contributed by atoms with E-state index in [-0.39, 0.29) is 18.2 Å². The van der Waals surface area contributed by atoms with Crippen LogP contribution in [0.5, 0.6) is 11.6 Å². The maximum absolute atomic E-state index is 14.1. The summed E-state index contributed by atoms with van der Waals surface area (Å²) in [5, 5.41) is 0. The Hall–Kier alpha value is -2.19. The number of fused-ring (bicyclic) bond motifs is 4. The first kappa shape index (κ1) is 18.2. The highest BCUT2D eigenvalue weighted by atomic mass is 79.9. The molecule has 2 N–H and O–H groups in total. The van der Waals surface area contributed by atoms with Crippen LogP contribution in [0.15, 0.2) is 33.9 Å². The van der Waals surface area contributed by atoms with Crippen LogP contribution in [0.2, 0.25) is 0 Å². The van der Waals surface area contributed by atoms with Crippen molar-refractivity contribution in [2.24, 2.45) is 10.7 Å². The number of benzene rings is 1. The van der Waals surface area contributed by atoms with Crippen molar-refractivity contribution in [3.8, 4) is 11.6 Å². The number of nitrogens with two attached hydrogens (primary N) is 1. The van der Waals surface area contributed by atoms with Gasteiger partial charge in [0.2, 0.25) is 5.88 Å². The smallest absolute Gasteiger partial charge is 0.283 e. The zero-order chi connectivity index (χ0) is 19.4. The number of amidine groups is 1. The first-order valence-corrected chi connectivity index (χ1v) is 9.26. The van der Waals surface area contributed by atoms with Gasteiger partial charge in [0.1, 0.15) is 18.2 Å². The maximum atomic E-state index is 14.1. The van der Waals surface area contributed by atoms with E-state index in [0.717, 1.165) is 5.56 Å². The van der Waals surface area contributed by atoms with E-state index >= 15 is 0 Å². The highest BCUT2D eigenvalue weighted by Gasteiger charge is 2.48. The summed E-state index contributed by atoms with van der Waals surface area (Å²) >= 11 is 3.23. The Morgan fingerprint density at radius 2 is 2.07 bits per heavy atom. The van der Waals surface area contributed by atoms with Crippen molar-refractivity contribution in [2.75, 3.05) is 6.61 Å². The fraction of sp³-hybridized carbons (Fsp3) is 0.368. The summed E-state index contributed by atoms with van der Waals surface area (Å²) in [4.78, 5) is 8.96. The molecule has 0 fully saturated rings. The molecule has 0 amide bonds. The minimum atomic E-state index is -0.937. The van der Waals surface area contributed by atoms with Gasteiger partial charge in [0.25, 0.3) is 6.02 Å². The third-order valence-electron chi connectivity index (χ3n) is 4.43. The Balaban J connectivity index is 1.84. The number of halogens is 2. The molecule has 0 aliphatic carbocycles. The van der Waals surface area contributed by atoms with Crippen LogP contribution in [0, 0.1) is 5.82 Å². The van der Waals surface area contributed by atoms with E-state index in [4.69, 9.17) is 19.9 Å². The monoisotopic (exact) mass is 435 g/mol. The second-order valence-electron chi connectivity index (χ2n) is 7.56. The maximum Gasteiger partial charge on any atom is 0.283 e. The minimum Gasteiger partial charge on any atom is -0.462 e. The van der Waals surface area contributed by atoms with Crippen molar-refractivity contribution < 1.29 is 18.6 Å². The molecule has 0 radical (unpaired) electrons. The highest BCUT2D eigenvalue weighted by Crippen LogP contribution is 2.51. The van der Waals surface area contributed by atoms with Crippen molar-refractivity contribution in [3.63, 3.8) is 0 Å². The predicted molar refractivity (Wildman–Crippen MR) is 101 cm³/mol. The van der Waals surface area contributed by atoms with Gasteiger partial charge in [-0.25, -0.2) is 14.4 Å². The van der Waals surface area contributed by atoms with E-state index in [9.17, 15) is 4.39 Å². The summed E-state index contributed by atoms with van der Waals surface area (Å²) in [5.74, 6) is 0.264. The van der Waals surface area contributed by atoms with E-state index < -0.39 is 11.4 Å². The lowest BCUT2D eigenvalue weighted by Crippen LogP contribution is -2.32. The van der Waals surface area contributed by atoms with Crippen molar-refractivity contribution in [3.05, 3.63) is 51.4 Å². The summed E-state index contributed by atoms with van der Waals surface area (Å²) < 4.78 is 31.6. The molecular weight excluding hydrogens is 417 g/mol. The third kappa shape index (κ3) is 3.17. The summed E-state index contributed by atoms with van der Waals surface area (Å²) in [6, 6.07) is 4.97. The molecule has 2 aromatic rings. The highest BCUT2D eigenvalue weighted by molar-refractivity contribution is 9.10. The Morgan fingerprint density at radius 3 is 2.74 bits per heavy atom. The molecule has 3 heterocycles. The lowest BCUT2D eigenvalue weighted by molar-refractivity contribution is -0.0151.